The molecule has 1 amide bonds. The van der Waals surface area contributed by atoms with Crippen LogP contribution in [0.15, 0.2) is 94.8 Å². The molecule has 0 aliphatic carbocycles. The molecule has 0 saturated carbocycles. The van der Waals surface area contributed by atoms with Crippen molar-refractivity contribution in [3.05, 3.63) is 113 Å². The summed E-state index contributed by atoms with van der Waals surface area (Å²) in [5.41, 5.74) is 1.66. The van der Waals surface area contributed by atoms with Crippen LogP contribution in [-0.2, 0) is 20.9 Å². The van der Waals surface area contributed by atoms with Gasteiger partial charge in [-0.3, -0.25) is 9.59 Å². The second kappa shape index (κ2) is 9.40. The van der Waals surface area contributed by atoms with Crippen LogP contribution in [0.5, 0.6) is 0 Å². The third-order valence-electron chi connectivity index (χ3n) is 5.35. The van der Waals surface area contributed by atoms with Gasteiger partial charge < -0.3 is 19.2 Å². The maximum atomic E-state index is 13.1. The number of hydrogen-bond donors (Lipinski definition) is 1. The number of allylic oxidation sites excluding steroid dienone is 1. The summed E-state index contributed by atoms with van der Waals surface area (Å²) in [6, 6.07) is 18.1. The lowest BCUT2D eigenvalue weighted by atomic mass is 9.94. The molecule has 0 bridgehead atoms. The van der Waals surface area contributed by atoms with Gasteiger partial charge in [-0.25, -0.2) is 4.79 Å². The second-order valence-corrected chi connectivity index (χ2v) is 7.40. The minimum atomic E-state index is -0.859. The molecule has 1 aliphatic rings. The van der Waals surface area contributed by atoms with Crippen LogP contribution in [0.25, 0.3) is 6.08 Å². The van der Waals surface area contributed by atoms with E-state index in [1.165, 1.54) is 24.3 Å². The molecule has 7 nitrogen and oxygen atoms in total. The van der Waals surface area contributed by atoms with Crippen LogP contribution in [-0.4, -0.2) is 34.8 Å². The number of aliphatic hydroxyl groups excluding tert-OH is 1. The van der Waals surface area contributed by atoms with E-state index in [4.69, 9.17) is 9.15 Å². The quantitative estimate of drug-likeness (QED) is 0.433. The number of nitrogens with zero attached hydrogens (tertiary/aromatic N) is 1. The highest BCUT2D eigenvalue weighted by molar-refractivity contribution is 6.14. The molecule has 1 aliphatic heterocycles. The molecule has 1 aromatic heterocycles. The molecule has 2 aromatic carbocycles. The maximum absolute atomic E-state index is 13.1. The molecular formula is C26H21NO6. The average Bonchev–Trinajstić information content (AvgIpc) is 3.45. The van der Waals surface area contributed by atoms with Crippen molar-refractivity contribution in [2.75, 3.05) is 7.11 Å². The normalized spacial score (nSPS) is 16.0. The number of hydrogen-bond acceptors (Lipinski definition) is 6. The smallest absolute Gasteiger partial charge is 0.337 e. The molecule has 0 spiro atoms. The van der Waals surface area contributed by atoms with E-state index >= 15 is 0 Å². The SMILES string of the molecule is COC(=O)c1ccc(C2C(C(=O)C=Cc3ccccc3)=C(O)C(=O)N2Cc2ccco2)cc1. The van der Waals surface area contributed by atoms with Gasteiger partial charge in [0.1, 0.15) is 5.76 Å². The van der Waals surface area contributed by atoms with E-state index in [9.17, 15) is 19.5 Å². The lowest BCUT2D eigenvalue weighted by Gasteiger charge is -2.26. The molecule has 1 atom stereocenters. The van der Waals surface area contributed by atoms with Crippen molar-refractivity contribution in [3.63, 3.8) is 0 Å². The first-order valence-corrected chi connectivity index (χ1v) is 10.2. The van der Waals surface area contributed by atoms with Crippen molar-refractivity contribution in [3.8, 4) is 0 Å². The number of carbonyl (C=O) groups is 3. The summed E-state index contributed by atoms with van der Waals surface area (Å²) < 4.78 is 10.1. The zero-order valence-electron chi connectivity index (χ0n) is 17.8. The number of rotatable bonds is 7. The molecule has 4 rings (SSSR count). The lowest BCUT2D eigenvalue weighted by Crippen LogP contribution is -2.30. The fraction of sp³-hybridized carbons (Fsp3) is 0.115. The van der Waals surface area contributed by atoms with Gasteiger partial charge in [0.15, 0.2) is 11.5 Å². The number of aliphatic hydroxyl groups is 1. The number of ether oxygens (including phenoxy) is 1. The Labute approximate surface area is 190 Å². The summed E-state index contributed by atoms with van der Waals surface area (Å²) in [5.74, 6) is -1.78. The summed E-state index contributed by atoms with van der Waals surface area (Å²) in [6.45, 7) is 0.0541. The molecule has 7 heteroatoms. The molecule has 0 fully saturated rings. The van der Waals surface area contributed by atoms with Crippen LogP contribution in [0.2, 0.25) is 0 Å². The minimum absolute atomic E-state index is 0.0374. The maximum Gasteiger partial charge on any atom is 0.337 e. The average molecular weight is 443 g/mol. The predicted molar refractivity (Wildman–Crippen MR) is 120 cm³/mol. The van der Waals surface area contributed by atoms with Crippen LogP contribution in [0, 0.1) is 0 Å². The highest BCUT2D eigenvalue weighted by Gasteiger charge is 2.43. The van der Waals surface area contributed by atoms with Crippen LogP contribution in [0.3, 0.4) is 0 Å². The first-order valence-electron chi connectivity index (χ1n) is 10.2. The molecular weight excluding hydrogens is 422 g/mol. The van der Waals surface area contributed by atoms with Crippen LogP contribution in [0.1, 0.15) is 33.3 Å². The van der Waals surface area contributed by atoms with Gasteiger partial charge in [0, 0.05) is 0 Å². The Morgan fingerprint density at radius 1 is 1.06 bits per heavy atom. The Hall–Kier alpha value is -4.39. The van der Waals surface area contributed by atoms with Gasteiger partial charge in [0.25, 0.3) is 5.91 Å². The van der Waals surface area contributed by atoms with Crippen LogP contribution < -0.4 is 0 Å². The molecule has 1 unspecified atom stereocenters. The Morgan fingerprint density at radius 2 is 1.79 bits per heavy atom. The number of esters is 1. The third kappa shape index (κ3) is 4.48. The molecule has 1 N–H and O–H groups in total. The summed E-state index contributed by atoms with van der Waals surface area (Å²) in [4.78, 5) is 39.3. The highest BCUT2D eigenvalue weighted by atomic mass is 16.5. The number of amides is 1. The minimum Gasteiger partial charge on any atom is -0.503 e. The van der Waals surface area contributed by atoms with E-state index < -0.39 is 29.5 Å². The molecule has 0 saturated heterocycles. The van der Waals surface area contributed by atoms with E-state index in [1.807, 2.05) is 30.3 Å². The van der Waals surface area contributed by atoms with E-state index in [1.54, 1.807) is 42.5 Å². The van der Waals surface area contributed by atoms with Crippen molar-refractivity contribution >= 4 is 23.7 Å². The van der Waals surface area contributed by atoms with Gasteiger partial charge in [-0.1, -0.05) is 48.5 Å². The first kappa shape index (κ1) is 21.8. The molecule has 33 heavy (non-hydrogen) atoms. The van der Waals surface area contributed by atoms with Crippen molar-refractivity contribution in [2.24, 2.45) is 0 Å². The van der Waals surface area contributed by atoms with Crippen LogP contribution in [0.4, 0.5) is 0 Å². The molecule has 2 heterocycles. The summed E-state index contributed by atoms with van der Waals surface area (Å²) in [7, 11) is 1.29. The van der Waals surface area contributed by atoms with Gasteiger partial charge in [-0.15, -0.1) is 0 Å². The van der Waals surface area contributed by atoms with Crippen molar-refractivity contribution in [1.29, 1.82) is 0 Å². The largest absolute Gasteiger partial charge is 0.503 e. The number of ketones is 1. The second-order valence-electron chi connectivity index (χ2n) is 7.40. The third-order valence-corrected chi connectivity index (χ3v) is 5.35. The Kier molecular flexibility index (Phi) is 6.22. The van der Waals surface area contributed by atoms with E-state index in [0.29, 0.717) is 16.9 Å². The predicted octanol–water partition coefficient (Wildman–Crippen LogP) is 4.24. The topological polar surface area (TPSA) is 97.1 Å². The first-order chi connectivity index (χ1) is 16.0. The molecule has 3 aromatic rings. The van der Waals surface area contributed by atoms with Crippen molar-refractivity contribution < 1.29 is 28.6 Å². The van der Waals surface area contributed by atoms with E-state index in [0.717, 1.165) is 5.56 Å². The number of carbonyl (C=O) groups excluding carboxylic acids is 3. The van der Waals surface area contributed by atoms with E-state index in [-0.39, 0.29) is 12.1 Å². The van der Waals surface area contributed by atoms with Crippen LogP contribution >= 0.6 is 0 Å². The molecule has 166 valence electrons. The Morgan fingerprint density at radius 3 is 2.42 bits per heavy atom. The van der Waals surface area contributed by atoms with Gasteiger partial charge in [0.2, 0.25) is 0 Å². The Balaban J connectivity index is 1.72. The van der Waals surface area contributed by atoms with Gasteiger partial charge >= 0.3 is 5.97 Å². The van der Waals surface area contributed by atoms with Gasteiger partial charge in [-0.05, 0) is 41.5 Å². The lowest BCUT2D eigenvalue weighted by molar-refractivity contribution is -0.130. The van der Waals surface area contributed by atoms with Gasteiger partial charge in [-0.2, -0.15) is 0 Å². The monoisotopic (exact) mass is 443 g/mol. The van der Waals surface area contributed by atoms with E-state index in [2.05, 4.69) is 0 Å². The number of benzene rings is 2. The fourth-order valence-corrected chi connectivity index (χ4v) is 3.73. The fourth-order valence-electron chi connectivity index (χ4n) is 3.73. The standard InChI is InChI=1S/C26H21NO6/c1-32-26(31)19-12-10-18(11-13-19)23-22(21(28)14-9-17-6-3-2-4-7-17)24(29)25(30)27(23)16-20-8-5-15-33-20/h2-15,23,29H,16H2,1H3. The summed E-state index contributed by atoms with van der Waals surface area (Å²) in [6.07, 6.45) is 4.44. The zero-order valence-corrected chi connectivity index (χ0v) is 17.8. The number of furan rings is 1. The zero-order chi connectivity index (χ0) is 23.4. The molecule has 0 radical (unpaired) electrons. The van der Waals surface area contributed by atoms with Gasteiger partial charge in [0.05, 0.1) is 37.1 Å². The van der Waals surface area contributed by atoms with Crippen molar-refractivity contribution in [2.45, 2.75) is 12.6 Å². The number of methoxy groups -OCH3 is 1. The Bertz CT molecular complexity index is 1220. The summed E-state index contributed by atoms with van der Waals surface area (Å²) >= 11 is 0. The van der Waals surface area contributed by atoms with Crippen molar-refractivity contribution in [1.82, 2.24) is 4.90 Å². The highest BCUT2D eigenvalue weighted by Crippen LogP contribution is 2.39. The summed E-state index contributed by atoms with van der Waals surface area (Å²) in [5, 5.41) is 10.7.